The topological polar surface area (TPSA) is 23.5 Å². The normalized spacial score (nSPS) is 27.7. The molecule has 1 fully saturated rings. The van der Waals surface area contributed by atoms with Gasteiger partial charge < -0.3 is 5.11 Å². The Labute approximate surface area is 115 Å². The Morgan fingerprint density at radius 2 is 2.00 bits per heavy atom. The van der Waals surface area contributed by atoms with Crippen LogP contribution in [0.15, 0.2) is 36.4 Å². The Morgan fingerprint density at radius 3 is 2.79 bits per heavy atom. The minimum atomic E-state index is 0.323. The Morgan fingerprint density at radius 1 is 1.16 bits per heavy atom. The van der Waals surface area contributed by atoms with E-state index in [1.54, 1.807) is 0 Å². The standard InChI is InChI=1S/C17H23NO/c19-12-9-15-7-4-10-18-11-8-16(13-17(15)18)14-5-2-1-3-6-14/h1-3,5-6,13,15,17,19H,4,7-12H2/t15-,17-/m1/s1. The zero-order chi connectivity index (χ0) is 13.1. The number of hydrogen-bond donors (Lipinski definition) is 1. The Hall–Kier alpha value is -1.12. The highest BCUT2D eigenvalue weighted by Gasteiger charge is 2.32. The number of nitrogens with zero attached hydrogens (tertiary/aromatic N) is 1. The van der Waals surface area contributed by atoms with Gasteiger partial charge in [0, 0.05) is 19.2 Å². The summed E-state index contributed by atoms with van der Waals surface area (Å²) < 4.78 is 0. The van der Waals surface area contributed by atoms with E-state index in [1.165, 1.54) is 37.1 Å². The van der Waals surface area contributed by atoms with E-state index in [0.29, 0.717) is 18.6 Å². The van der Waals surface area contributed by atoms with Gasteiger partial charge in [-0.05, 0) is 49.3 Å². The van der Waals surface area contributed by atoms with Crippen molar-refractivity contribution in [1.82, 2.24) is 4.90 Å². The van der Waals surface area contributed by atoms with Gasteiger partial charge in [0.05, 0.1) is 0 Å². The van der Waals surface area contributed by atoms with E-state index in [0.717, 1.165) is 12.8 Å². The van der Waals surface area contributed by atoms with E-state index < -0.39 is 0 Å². The van der Waals surface area contributed by atoms with E-state index in [9.17, 15) is 5.11 Å². The van der Waals surface area contributed by atoms with Crippen LogP contribution in [0.2, 0.25) is 0 Å². The molecule has 102 valence electrons. The average Bonchev–Trinajstić information content (AvgIpc) is 2.48. The van der Waals surface area contributed by atoms with Crippen LogP contribution in [0.1, 0.15) is 31.2 Å². The fraction of sp³-hybridized carbons (Fsp3) is 0.529. The molecular weight excluding hydrogens is 234 g/mol. The first-order valence-corrected chi connectivity index (χ1v) is 7.49. The molecule has 2 heteroatoms. The third-order valence-electron chi connectivity index (χ3n) is 4.61. The maximum atomic E-state index is 9.25. The van der Waals surface area contributed by atoms with Gasteiger partial charge in [-0.3, -0.25) is 4.90 Å². The largest absolute Gasteiger partial charge is 0.396 e. The van der Waals surface area contributed by atoms with Crippen LogP contribution in [0.25, 0.3) is 5.57 Å². The molecule has 1 saturated heterocycles. The predicted octanol–water partition coefficient (Wildman–Crippen LogP) is 2.94. The molecular formula is C17H23NO. The number of rotatable bonds is 3. The lowest BCUT2D eigenvalue weighted by Gasteiger charge is -2.43. The second-order valence-corrected chi connectivity index (χ2v) is 5.75. The molecule has 0 unspecified atom stereocenters. The fourth-order valence-corrected chi connectivity index (χ4v) is 3.60. The predicted molar refractivity (Wildman–Crippen MR) is 78.8 cm³/mol. The number of hydrogen-bond acceptors (Lipinski definition) is 2. The van der Waals surface area contributed by atoms with Gasteiger partial charge in [0.15, 0.2) is 0 Å². The van der Waals surface area contributed by atoms with E-state index in [-0.39, 0.29) is 0 Å². The SMILES string of the molecule is OCC[C@H]1CCCN2CCC(c3ccccc3)=C[C@H]12. The molecule has 19 heavy (non-hydrogen) atoms. The van der Waals surface area contributed by atoms with Crippen molar-refractivity contribution in [3.63, 3.8) is 0 Å². The van der Waals surface area contributed by atoms with Crippen molar-refractivity contribution in [1.29, 1.82) is 0 Å². The molecule has 2 heterocycles. The van der Waals surface area contributed by atoms with Gasteiger partial charge in [-0.2, -0.15) is 0 Å². The first-order chi connectivity index (χ1) is 9.38. The highest BCUT2D eigenvalue weighted by Crippen LogP contribution is 2.34. The molecule has 0 bridgehead atoms. The quantitative estimate of drug-likeness (QED) is 0.900. The van der Waals surface area contributed by atoms with Gasteiger partial charge in [0.25, 0.3) is 0 Å². The molecule has 2 nitrogen and oxygen atoms in total. The zero-order valence-electron chi connectivity index (χ0n) is 11.5. The van der Waals surface area contributed by atoms with E-state index in [4.69, 9.17) is 0 Å². The second-order valence-electron chi connectivity index (χ2n) is 5.75. The van der Waals surface area contributed by atoms with Gasteiger partial charge >= 0.3 is 0 Å². The molecule has 2 atom stereocenters. The average molecular weight is 257 g/mol. The van der Waals surface area contributed by atoms with Crippen LogP contribution in [0.3, 0.4) is 0 Å². The second kappa shape index (κ2) is 5.89. The van der Waals surface area contributed by atoms with Crippen molar-refractivity contribution in [2.75, 3.05) is 19.7 Å². The van der Waals surface area contributed by atoms with Gasteiger partial charge in [-0.15, -0.1) is 0 Å². The maximum absolute atomic E-state index is 9.25. The number of aliphatic hydroxyl groups is 1. The summed E-state index contributed by atoms with van der Waals surface area (Å²) in [5.74, 6) is 0.637. The van der Waals surface area contributed by atoms with E-state index in [2.05, 4.69) is 41.3 Å². The summed E-state index contributed by atoms with van der Waals surface area (Å²) in [6.07, 6.45) is 7.13. The van der Waals surface area contributed by atoms with Crippen LogP contribution in [0, 0.1) is 5.92 Å². The van der Waals surface area contributed by atoms with Gasteiger partial charge in [0.2, 0.25) is 0 Å². The van der Waals surface area contributed by atoms with Crippen LogP contribution in [0.4, 0.5) is 0 Å². The molecule has 0 aromatic heterocycles. The van der Waals surface area contributed by atoms with Gasteiger partial charge in [-0.1, -0.05) is 36.4 Å². The van der Waals surface area contributed by atoms with E-state index >= 15 is 0 Å². The zero-order valence-corrected chi connectivity index (χ0v) is 11.5. The van der Waals surface area contributed by atoms with Crippen LogP contribution < -0.4 is 0 Å². The molecule has 0 spiro atoms. The molecule has 0 aliphatic carbocycles. The summed E-state index contributed by atoms with van der Waals surface area (Å²) in [6, 6.07) is 11.3. The highest BCUT2D eigenvalue weighted by molar-refractivity contribution is 5.67. The molecule has 0 saturated carbocycles. The van der Waals surface area contributed by atoms with Crippen molar-refractivity contribution in [2.45, 2.75) is 31.7 Å². The molecule has 0 radical (unpaired) electrons. The number of aliphatic hydroxyl groups excluding tert-OH is 1. The van der Waals surface area contributed by atoms with Crippen molar-refractivity contribution in [3.05, 3.63) is 42.0 Å². The monoisotopic (exact) mass is 257 g/mol. The molecule has 2 aliphatic heterocycles. The molecule has 3 rings (SSSR count). The fourth-order valence-electron chi connectivity index (χ4n) is 3.60. The van der Waals surface area contributed by atoms with Crippen molar-refractivity contribution < 1.29 is 5.11 Å². The smallest absolute Gasteiger partial charge is 0.0434 e. The first kappa shape index (κ1) is 12.9. The van der Waals surface area contributed by atoms with Crippen LogP contribution in [-0.2, 0) is 0 Å². The Kier molecular flexibility index (Phi) is 4.00. The molecule has 1 N–H and O–H groups in total. The minimum absolute atomic E-state index is 0.323. The van der Waals surface area contributed by atoms with Crippen LogP contribution in [0.5, 0.6) is 0 Å². The van der Waals surface area contributed by atoms with E-state index in [1.807, 2.05) is 0 Å². The lowest BCUT2D eigenvalue weighted by atomic mass is 9.82. The Bertz CT molecular complexity index is 438. The summed E-state index contributed by atoms with van der Waals surface area (Å²) in [5, 5.41) is 9.25. The number of fused-ring (bicyclic) bond motifs is 1. The van der Waals surface area contributed by atoms with Gasteiger partial charge in [0.1, 0.15) is 0 Å². The van der Waals surface area contributed by atoms with Crippen molar-refractivity contribution in [3.8, 4) is 0 Å². The maximum Gasteiger partial charge on any atom is 0.0434 e. The number of benzene rings is 1. The van der Waals surface area contributed by atoms with Crippen LogP contribution >= 0.6 is 0 Å². The van der Waals surface area contributed by atoms with Crippen molar-refractivity contribution >= 4 is 5.57 Å². The summed E-state index contributed by atoms with van der Waals surface area (Å²) >= 11 is 0. The third-order valence-corrected chi connectivity index (χ3v) is 4.61. The highest BCUT2D eigenvalue weighted by atomic mass is 16.3. The van der Waals surface area contributed by atoms with Gasteiger partial charge in [-0.25, -0.2) is 0 Å². The lowest BCUT2D eigenvalue weighted by Crippen LogP contribution is -2.46. The molecule has 1 aromatic rings. The summed E-state index contributed by atoms with van der Waals surface area (Å²) in [5.41, 5.74) is 2.86. The molecule has 1 aromatic carbocycles. The summed E-state index contributed by atoms with van der Waals surface area (Å²) in [4.78, 5) is 2.61. The van der Waals surface area contributed by atoms with Crippen LogP contribution in [-0.4, -0.2) is 35.7 Å². The third kappa shape index (κ3) is 2.75. The first-order valence-electron chi connectivity index (χ1n) is 7.49. The Balaban J connectivity index is 1.84. The molecule has 0 amide bonds. The minimum Gasteiger partial charge on any atom is -0.396 e. The summed E-state index contributed by atoms with van der Waals surface area (Å²) in [7, 11) is 0. The summed E-state index contributed by atoms with van der Waals surface area (Å²) in [6.45, 7) is 2.72. The number of piperidine rings is 1. The molecule has 2 aliphatic rings. The van der Waals surface area contributed by atoms with Crippen molar-refractivity contribution in [2.24, 2.45) is 5.92 Å². The lowest BCUT2D eigenvalue weighted by molar-refractivity contribution is 0.102.